The van der Waals surface area contributed by atoms with Crippen LogP contribution in [0.1, 0.15) is 22.8 Å². The second kappa shape index (κ2) is 7.90. The third kappa shape index (κ3) is 4.22. The molecule has 0 spiro atoms. The lowest BCUT2D eigenvalue weighted by Crippen LogP contribution is -2.14. The monoisotopic (exact) mass is 362 g/mol. The molecule has 6 nitrogen and oxygen atoms in total. The van der Waals surface area contributed by atoms with Gasteiger partial charge in [0.2, 0.25) is 5.91 Å². The lowest BCUT2D eigenvalue weighted by atomic mass is 10.1. The van der Waals surface area contributed by atoms with E-state index >= 15 is 0 Å². The van der Waals surface area contributed by atoms with E-state index in [2.05, 4.69) is 10.6 Å². The number of rotatable bonds is 5. The van der Waals surface area contributed by atoms with E-state index in [0.717, 1.165) is 5.56 Å². The van der Waals surface area contributed by atoms with Crippen LogP contribution in [-0.2, 0) is 4.79 Å². The van der Waals surface area contributed by atoms with Crippen LogP contribution in [0.25, 0.3) is 0 Å². The number of methoxy groups -OCH3 is 2. The molecule has 2 N–H and O–H groups in total. The van der Waals surface area contributed by atoms with E-state index in [1.165, 1.54) is 27.2 Å². The molecule has 132 valence electrons. The van der Waals surface area contributed by atoms with E-state index in [1.807, 2.05) is 6.92 Å². The first-order valence-corrected chi connectivity index (χ1v) is 7.85. The van der Waals surface area contributed by atoms with Gasteiger partial charge in [-0.3, -0.25) is 9.59 Å². The molecule has 25 heavy (non-hydrogen) atoms. The molecule has 0 aliphatic heterocycles. The smallest absolute Gasteiger partial charge is 0.255 e. The summed E-state index contributed by atoms with van der Waals surface area (Å²) in [6, 6.07) is 8.31. The van der Waals surface area contributed by atoms with Crippen LogP contribution in [0.5, 0.6) is 11.5 Å². The van der Waals surface area contributed by atoms with Gasteiger partial charge >= 0.3 is 0 Å². The Kier molecular flexibility index (Phi) is 5.88. The van der Waals surface area contributed by atoms with Crippen LogP contribution in [0.3, 0.4) is 0 Å². The molecule has 2 aromatic carbocycles. The highest BCUT2D eigenvalue weighted by Gasteiger charge is 2.16. The van der Waals surface area contributed by atoms with Crippen LogP contribution >= 0.6 is 11.6 Å². The molecule has 7 heteroatoms. The van der Waals surface area contributed by atoms with Crippen molar-refractivity contribution in [2.75, 3.05) is 24.9 Å². The van der Waals surface area contributed by atoms with Gasteiger partial charge in [0.25, 0.3) is 5.91 Å². The normalized spacial score (nSPS) is 10.1. The fourth-order valence-corrected chi connectivity index (χ4v) is 2.63. The van der Waals surface area contributed by atoms with E-state index in [9.17, 15) is 9.59 Å². The first-order valence-electron chi connectivity index (χ1n) is 7.47. The largest absolute Gasteiger partial charge is 0.493 e. The van der Waals surface area contributed by atoms with Crippen molar-refractivity contribution in [2.45, 2.75) is 13.8 Å². The lowest BCUT2D eigenvalue weighted by Gasteiger charge is -2.14. The van der Waals surface area contributed by atoms with Gasteiger partial charge in [0.05, 0.1) is 19.2 Å². The van der Waals surface area contributed by atoms with Crippen molar-refractivity contribution in [3.63, 3.8) is 0 Å². The van der Waals surface area contributed by atoms with Crippen LogP contribution in [-0.4, -0.2) is 26.0 Å². The minimum absolute atomic E-state index is 0.182. The number of anilines is 2. The molecule has 0 aliphatic rings. The van der Waals surface area contributed by atoms with Gasteiger partial charge in [-0.05, 0) is 36.8 Å². The summed E-state index contributed by atoms with van der Waals surface area (Å²) < 4.78 is 10.4. The topological polar surface area (TPSA) is 76.7 Å². The zero-order valence-electron chi connectivity index (χ0n) is 14.4. The quantitative estimate of drug-likeness (QED) is 0.846. The van der Waals surface area contributed by atoms with Crippen molar-refractivity contribution in [1.29, 1.82) is 0 Å². The van der Waals surface area contributed by atoms with E-state index in [-0.39, 0.29) is 16.8 Å². The summed E-state index contributed by atoms with van der Waals surface area (Å²) in [5, 5.41) is 5.81. The SMILES string of the molecule is COc1cc(C(=O)Nc2cccc(NC(C)=O)c2C)cc(Cl)c1OC. The third-order valence-electron chi connectivity index (χ3n) is 3.59. The Hall–Kier alpha value is -2.73. The van der Waals surface area contributed by atoms with Crippen LogP contribution < -0.4 is 20.1 Å². The zero-order valence-corrected chi connectivity index (χ0v) is 15.2. The molecular formula is C18H19ClN2O4. The van der Waals surface area contributed by atoms with Crippen LogP contribution in [0.15, 0.2) is 30.3 Å². The van der Waals surface area contributed by atoms with Gasteiger partial charge in [-0.15, -0.1) is 0 Å². The number of benzene rings is 2. The zero-order chi connectivity index (χ0) is 18.6. The van der Waals surface area contributed by atoms with Gasteiger partial charge < -0.3 is 20.1 Å². The van der Waals surface area contributed by atoms with Gasteiger partial charge in [-0.25, -0.2) is 0 Å². The Balaban J connectivity index is 2.31. The second-order valence-corrected chi connectivity index (χ2v) is 5.71. The fraction of sp³-hybridized carbons (Fsp3) is 0.222. The van der Waals surface area contributed by atoms with Crippen molar-refractivity contribution in [3.8, 4) is 11.5 Å². The molecule has 0 saturated heterocycles. The van der Waals surface area contributed by atoms with Gasteiger partial charge in [0.15, 0.2) is 11.5 Å². The Morgan fingerprint density at radius 2 is 1.68 bits per heavy atom. The van der Waals surface area contributed by atoms with Crippen molar-refractivity contribution < 1.29 is 19.1 Å². The molecular weight excluding hydrogens is 344 g/mol. The summed E-state index contributed by atoms with van der Waals surface area (Å²) >= 11 is 6.14. The number of amides is 2. The van der Waals surface area contributed by atoms with Crippen LogP contribution in [0, 0.1) is 6.92 Å². The van der Waals surface area contributed by atoms with Crippen molar-refractivity contribution in [2.24, 2.45) is 0 Å². The van der Waals surface area contributed by atoms with Crippen molar-refractivity contribution in [3.05, 3.63) is 46.5 Å². The molecule has 0 aliphatic carbocycles. The maximum absolute atomic E-state index is 12.6. The Labute approximate surface area is 151 Å². The maximum Gasteiger partial charge on any atom is 0.255 e. The average Bonchev–Trinajstić information content (AvgIpc) is 2.57. The maximum atomic E-state index is 12.6. The summed E-state index contributed by atoms with van der Waals surface area (Å²) in [6.45, 7) is 3.23. The molecule has 0 unspecified atom stereocenters. The molecule has 2 amide bonds. The number of halogens is 1. The van der Waals surface area contributed by atoms with E-state index in [4.69, 9.17) is 21.1 Å². The third-order valence-corrected chi connectivity index (χ3v) is 3.87. The van der Waals surface area contributed by atoms with Crippen LogP contribution in [0.4, 0.5) is 11.4 Å². The molecule has 2 rings (SSSR count). The summed E-state index contributed by atoms with van der Waals surface area (Å²) in [5.74, 6) is 0.192. The van der Waals surface area contributed by atoms with Crippen LogP contribution in [0.2, 0.25) is 5.02 Å². The molecule has 0 saturated carbocycles. The standard InChI is InChI=1S/C18H19ClN2O4/c1-10-14(20-11(2)22)6-5-7-15(10)21-18(23)12-8-13(19)17(25-4)16(9-12)24-3/h5-9H,1-4H3,(H,20,22)(H,21,23). The highest BCUT2D eigenvalue weighted by Crippen LogP contribution is 2.36. The van der Waals surface area contributed by atoms with Gasteiger partial charge in [0.1, 0.15) is 0 Å². The van der Waals surface area contributed by atoms with E-state index < -0.39 is 0 Å². The summed E-state index contributed by atoms with van der Waals surface area (Å²) in [7, 11) is 2.94. The number of hydrogen-bond acceptors (Lipinski definition) is 4. The van der Waals surface area contributed by atoms with Gasteiger partial charge in [-0.1, -0.05) is 17.7 Å². The van der Waals surface area contributed by atoms with Crippen molar-refractivity contribution in [1.82, 2.24) is 0 Å². The predicted molar refractivity (Wildman–Crippen MR) is 98.0 cm³/mol. The summed E-state index contributed by atoms with van der Waals surface area (Å²) in [6.07, 6.45) is 0. The lowest BCUT2D eigenvalue weighted by molar-refractivity contribution is -0.114. The molecule has 0 atom stereocenters. The average molecular weight is 363 g/mol. The molecule has 0 bridgehead atoms. The molecule has 2 aromatic rings. The number of carbonyl (C=O) groups is 2. The molecule has 0 aromatic heterocycles. The number of hydrogen-bond donors (Lipinski definition) is 2. The highest BCUT2D eigenvalue weighted by molar-refractivity contribution is 6.32. The molecule has 0 fully saturated rings. The Bertz CT molecular complexity index is 821. The molecule has 0 heterocycles. The minimum Gasteiger partial charge on any atom is -0.493 e. The summed E-state index contributed by atoms with van der Waals surface area (Å²) in [5.41, 5.74) is 2.29. The van der Waals surface area contributed by atoms with E-state index in [1.54, 1.807) is 24.3 Å². The Morgan fingerprint density at radius 3 is 2.24 bits per heavy atom. The van der Waals surface area contributed by atoms with Gasteiger partial charge in [0, 0.05) is 23.9 Å². The number of carbonyl (C=O) groups excluding carboxylic acids is 2. The first-order chi connectivity index (χ1) is 11.9. The van der Waals surface area contributed by atoms with E-state index in [0.29, 0.717) is 28.4 Å². The number of ether oxygens (including phenoxy) is 2. The first kappa shape index (κ1) is 18.6. The highest BCUT2D eigenvalue weighted by atomic mass is 35.5. The fourth-order valence-electron chi connectivity index (χ4n) is 2.34. The van der Waals surface area contributed by atoms with Crippen molar-refractivity contribution >= 4 is 34.8 Å². The second-order valence-electron chi connectivity index (χ2n) is 5.31. The Morgan fingerprint density at radius 1 is 1.04 bits per heavy atom. The predicted octanol–water partition coefficient (Wildman–Crippen LogP) is 3.88. The van der Waals surface area contributed by atoms with Gasteiger partial charge in [-0.2, -0.15) is 0 Å². The summed E-state index contributed by atoms with van der Waals surface area (Å²) in [4.78, 5) is 23.8. The molecule has 0 radical (unpaired) electrons. The minimum atomic E-state index is -0.356. The number of nitrogens with one attached hydrogen (secondary N) is 2.